The van der Waals surface area contributed by atoms with Crippen LogP contribution >= 0.6 is 0 Å². The van der Waals surface area contributed by atoms with Gasteiger partial charge in [-0.3, -0.25) is 0 Å². The highest BCUT2D eigenvalue weighted by atomic mass is 16.5. The van der Waals surface area contributed by atoms with E-state index in [1.807, 2.05) is 32.0 Å². The Balaban J connectivity index is 2.80. The van der Waals surface area contributed by atoms with Gasteiger partial charge in [0.05, 0.1) is 19.8 Å². The quantitative estimate of drug-likeness (QED) is 0.711. The fraction of sp³-hybridized carbons (Fsp3) is 0.538. The highest BCUT2D eigenvalue weighted by molar-refractivity contribution is 5.42. The van der Waals surface area contributed by atoms with Crippen LogP contribution < -0.4 is 14.2 Å². The molecule has 0 amide bonds. The van der Waals surface area contributed by atoms with E-state index < -0.39 is 0 Å². The van der Waals surface area contributed by atoms with E-state index in [4.69, 9.17) is 14.2 Å². The summed E-state index contributed by atoms with van der Waals surface area (Å²) in [6, 6.07) is 5.66. The van der Waals surface area contributed by atoms with Crippen LogP contribution in [0.4, 0.5) is 0 Å². The molecule has 0 atom stereocenters. The zero-order valence-corrected chi connectivity index (χ0v) is 10.3. The van der Waals surface area contributed by atoms with Crippen molar-refractivity contribution in [2.75, 3.05) is 19.8 Å². The minimum atomic E-state index is 0.642. The normalized spacial score (nSPS) is 9.94. The van der Waals surface area contributed by atoms with Crippen molar-refractivity contribution in [2.24, 2.45) is 0 Å². The topological polar surface area (TPSA) is 27.7 Å². The van der Waals surface area contributed by atoms with Crippen LogP contribution in [0.3, 0.4) is 0 Å². The number of hydrogen-bond acceptors (Lipinski definition) is 3. The average molecular weight is 224 g/mol. The molecule has 3 heteroatoms. The van der Waals surface area contributed by atoms with E-state index >= 15 is 0 Å². The monoisotopic (exact) mass is 224 g/mol. The first-order valence-corrected chi connectivity index (χ1v) is 5.83. The second-order valence-corrected chi connectivity index (χ2v) is 3.35. The van der Waals surface area contributed by atoms with Crippen molar-refractivity contribution in [3.8, 4) is 17.2 Å². The molecule has 0 heterocycles. The van der Waals surface area contributed by atoms with E-state index in [0.29, 0.717) is 19.8 Å². The lowest BCUT2D eigenvalue weighted by molar-refractivity contribution is 0.298. The van der Waals surface area contributed by atoms with Gasteiger partial charge in [0.15, 0.2) is 0 Å². The molecule has 1 aromatic rings. The highest BCUT2D eigenvalue weighted by Crippen LogP contribution is 2.28. The molecule has 0 fully saturated rings. The van der Waals surface area contributed by atoms with E-state index in [1.54, 1.807) is 0 Å². The van der Waals surface area contributed by atoms with Crippen molar-refractivity contribution in [3.63, 3.8) is 0 Å². The number of ether oxygens (including phenoxy) is 3. The molecule has 0 bridgehead atoms. The first-order valence-electron chi connectivity index (χ1n) is 5.83. The van der Waals surface area contributed by atoms with Crippen LogP contribution in [0.1, 0.15) is 27.2 Å². The van der Waals surface area contributed by atoms with Crippen LogP contribution in [0, 0.1) is 0 Å². The van der Waals surface area contributed by atoms with Crippen molar-refractivity contribution >= 4 is 0 Å². The molecule has 0 saturated carbocycles. The molecule has 0 aliphatic rings. The summed E-state index contributed by atoms with van der Waals surface area (Å²) in [5, 5.41) is 0. The fourth-order valence-electron chi connectivity index (χ4n) is 1.35. The third kappa shape index (κ3) is 4.01. The molecule has 0 aliphatic heterocycles. The Kier molecular flexibility index (Phi) is 5.54. The number of benzene rings is 1. The molecule has 0 unspecified atom stereocenters. The van der Waals surface area contributed by atoms with Crippen LogP contribution in [0.5, 0.6) is 17.2 Å². The standard InChI is InChI=1S/C13H20O3/c1-4-7-16-13-9-11(14-5-2)8-12(10-13)15-6-3/h8-10H,4-7H2,1-3H3. The molecule has 3 nitrogen and oxygen atoms in total. The van der Waals surface area contributed by atoms with Crippen molar-refractivity contribution in [2.45, 2.75) is 27.2 Å². The van der Waals surface area contributed by atoms with E-state index in [9.17, 15) is 0 Å². The lowest BCUT2D eigenvalue weighted by Crippen LogP contribution is -1.99. The molecule has 90 valence electrons. The molecule has 0 spiro atoms. The zero-order chi connectivity index (χ0) is 11.8. The molecule has 0 aromatic heterocycles. The minimum Gasteiger partial charge on any atom is -0.494 e. The molecule has 0 aliphatic carbocycles. The van der Waals surface area contributed by atoms with Gasteiger partial charge in [-0.15, -0.1) is 0 Å². The van der Waals surface area contributed by atoms with Gasteiger partial charge in [-0.2, -0.15) is 0 Å². The first kappa shape index (κ1) is 12.7. The Bertz CT molecular complexity index is 286. The summed E-state index contributed by atoms with van der Waals surface area (Å²) in [4.78, 5) is 0. The van der Waals surface area contributed by atoms with Crippen LogP contribution in [0.2, 0.25) is 0 Å². The third-order valence-corrected chi connectivity index (χ3v) is 1.95. The van der Waals surface area contributed by atoms with Crippen molar-refractivity contribution < 1.29 is 14.2 Å². The van der Waals surface area contributed by atoms with E-state index in [0.717, 1.165) is 23.7 Å². The van der Waals surface area contributed by atoms with Gasteiger partial charge in [-0.25, -0.2) is 0 Å². The molecular formula is C13H20O3. The maximum absolute atomic E-state index is 5.57. The Morgan fingerprint density at radius 1 is 0.750 bits per heavy atom. The third-order valence-electron chi connectivity index (χ3n) is 1.95. The summed E-state index contributed by atoms with van der Waals surface area (Å²) >= 11 is 0. The summed E-state index contributed by atoms with van der Waals surface area (Å²) in [7, 11) is 0. The summed E-state index contributed by atoms with van der Waals surface area (Å²) in [6.45, 7) is 7.99. The van der Waals surface area contributed by atoms with Crippen LogP contribution in [0.25, 0.3) is 0 Å². The largest absolute Gasteiger partial charge is 0.494 e. The van der Waals surface area contributed by atoms with Crippen LogP contribution in [0.15, 0.2) is 18.2 Å². The van der Waals surface area contributed by atoms with Crippen LogP contribution in [-0.2, 0) is 0 Å². The van der Waals surface area contributed by atoms with Gasteiger partial charge in [0.25, 0.3) is 0 Å². The molecule has 0 N–H and O–H groups in total. The fourth-order valence-corrected chi connectivity index (χ4v) is 1.35. The summed E-state index contributed by atoms with van der Waals surface area (Å²) in [5.41, 5.74) is 0. The Labute approximate surface area is 97.3 Å². The Morgan fingerprint density at radius 2 is 1.19 bits per heavy atom. The summed E-state index contributed by atoms with van der Waals surface area (Å²) in [6.07, 6.45) is 0.989. The van der Waals surface area contributed by atoms with E-state index in [2.05, 4.69) is 6.92 Å². The predicted octanol–water partition coefficient (Wildman–Crippen LogP) is 3.27. The van der Waals surface area contributed by atoms with Gasteiger partial charge in [-0.05, 0) is 20.3 Å². The minimum absolute atomic E-state index is 0.642. The summed E-state index contributed by atoms with van der Waals surface area (Å²) < 4.78 is 16.5. The summed E-state index contributed by atoms with van der Waals surface area (Å²) in [5.74, 6) is 2.38. The van der Waals surface area contributed by atoms with Gasteiger partial charge in [0.2, 0.25) is 0 Å². The molecule has 1 rings (SSSR count). The molecule has 16 heavy (non-hydrogen) atoms. The molecule has 0 saturated heterocycles. The van der Waals surface area contributed by atoms with Gasteiger partial charge in [0, 0.05) is 18.2 Å². The van der Waals surface area contributed by atoms with Gasteiger partial charge in [0.1, 0.15) is 17.2 Å². The average Bonchev–Trinajstić information content (AvgIpc) is 2.27. The SMILES string of the molecule is CCCOc1cc(OCC)cc(OCC)c1. The zero-order valence-electron chi connectivity index (χ0n) is 10.3. The van der Waals surface area contributed by atoms with Gasteiger partial charge in [-0.1, -0.05) is 6.92 Å². The second kappa shape index (κ2) is 6.99. The van der Waals surface area contributed by atoms with Gasteiger partial charge >= 0.3 is 0 Å². The Morgan fingerprint density at radius 3 is 1.56 bits per heavy atom. The predicted molar refractivity (Wildman–Crippen MR) is 64.6 cm³/mol. The van der Waals surface area contributed by atoms with Gasteiger partial charge < -0.3 is 14.2 Å². The molecule has 0 radical (unpaired) electrons. The molecular weight excluding hydrogens is 204 g/mol. The van der Waals surface area contributed by atoms with Crippen molar-refractivity contribution in [1.82, 2.24) is 0 Å². The first-order chi connectivity index (χ1) is 7.80. The smallest absolute Gasteiger partial charge is 0.126 e. The van der Waals surface area contributed by atoms with Crippen LogP contribution in [-0.4, -0.2) is 19.8 Å². The molecule has 1 aromatic carbocycles. The maximum Gasteiger partial charge on any atom is 0.126 e. The number of hydrogen-bond donors (Lipinski definition) is 0. The Hall–Kier alpha value is -1.38. The second-order valence-electron chi connectivity index (χ2n) is 3.35. The highest BCUT2D eigenvalue weighted by Gasteiger charge is 2.03. The van der Waals surface area contributed by atoms with E-state index in [1.165, 1.54) is 0 Å². The maximum atomic E-state index is 5.57. The number of rotatable bonds is 7. The van der Waals surface area contributed by atoms with Crippen molar-refractivity contribution in [3.05, 3.63) is 18.2 Å². The lowest BCUT2D eigenvalue weighted by atomic mass is 10.3. The van der Waals surface area contributed by atoms with Crippen molar-refractivity contribution in [1.29, 1.82) is 0 Å². The lowest BCUT2D eigenvalue weighted by Gasteiger charge is -2.11. The van der Waals surface area contributed by atoms with E-state index in [-0.39, 0.29) is 0 Å².